The Kier molecular flexibility index (Phi) is 6.41. The Balaban J connectivity index is 2.07. The number of carbonyl (C=O) groups is 1. The van der Waals surface area contributed by atoms with Crippen LogP contribution in [-0.4, -0.2) is 24.0 Å². The van der Waals surface area contributed by atoms with Gasteiger partial charge in [0, 0.05) is 13.1 Å². The molecule has 122 valence electrons. The summed E-state index contributed by atoms with van der Waals surface area (Å²) in [4.78, 5) is 18.9. The van der Waals surface area contributed by atoms with E-state index in [1.807, 2.05) is 12.1 Å². The number of hydrogen-bond donors (Lipinski definition) is 1. The topological polar surface area (TPSA) is 45.2 Å². The molecule has 0 spiro atoms. The Hall–Kier alpha value is -2.07. The van der Waals surface area contributed by atoms with Crippen LogP contribution in [0.1, 0.15) is 37.0 Å². The van der Waals surface area contributed by atoms with Gasteiger partial charge in [0.05, 0.1) is 22.5 Å². The summed E-state index contributed by atoms with van der Waals surface area (Å²) >= 11 is 6.04. The van der Waals surface area contributed by atoms with E-state index in [1.54, 1.807) is 30.5 Å². The molecule has 23 heavy (non-hydrogen) atoms. The molecule has 0 bridgehead atoms. The van der Waals surface area contributed by atoms with Crippen molar-refractivity contribution in [2.75, 3.05) is 23.3 Å². The van der Waals surface area contributed by atoms with Gasteiger partial charge < -0.3 is 10.2 Å². The Morgan fingerprint density at radius 3 is 2.39 bits per heavy atom. The summed E-state index contributed by atoms with van der Waals surface area (Å²) in [6, 6.07) is 10.8. The Bertz CT molecular complexity index is 637. The second-order valence-corrected chi connectivity index (χ2v) is 5.73. The van der Waals surface area contributed by atoms with Crippen molar-refractivity contribution in [1.82, 2.24) is 4.98 Å². The van der Waals surface area contributed by atoms with Crippen LogP contribution in [0.4, 0.5) is 11.5 Å². The predicted molar refractivity (Wildman–Crippen MR) is 96.4 cm³/mol. The number of pyridine rings is 1. The molecule has 0 unspecified atom stereocenters. The Morgan fingerprint density at radius 1 is 1.13 bits per heavy atom. The molecule has 0 radical (unpaired) electrons. The monoisotopic (exact) mass is 331 g/mol. The van der Waals surface area contributed by atoms with Crippen LogP contribution in [0.25, 0.3) is 0 Å². The highest BCUT2D eigenvalue weighted by molar-refractivity contribution is 6.34. The number of anilines is 2. The van der Waals surface area contributed by atoms with E-state index in [-0.39, 0.29) is 5.91 Å². The van der Waals surface area contributed by atoms with Crippen LogP contribution in [0.3, 0.4) is 0 Å². The third kappa shape index (κ3) is 4.70. The lowest BCUT2D eigenvalue weighted by molar-refractivity contribution is 0.102. The summed E-state index contributed by atoms with van der Waals surface area (Å²) in [6.07, 6.45) is 3.84. The van der Waals surface area contributed by atoms with Gasteiger partial charge in [-0.05, 0) is 37.1 Å². The number of benzene rings is 1. The molecular weight excluding hydrogens is 310 g/mol. The van der Waals surface area contributed by atoms with Crippen molar-refractivity contribution in [3.8, 4) is 0 Å². The number of amides is 1. The zero-order valence-corrected chi connectivity index (χ0v) is 14.3. The van der Waals surface area contributed by atoms with Crippen LogP contribution in [0.15, 0.2) is 42.6 Å². The molecule has 0 atom stereocenters. The van der Waals surface area contributed by atoms with Crippen LogP contribution < -0.4 is 10.2 Å². The minimum absolute atomic E-state index is 0.232. The number of hydrogen-bond acceptors (Lipinski definition) is 3. The maximum Gasteiger partial charge on any atom is 0.257 e. The van der Waals surface area contributed by atoms with Gasteiger partial charge in [-0.3, -0.25) is 4.79 Å². The average Bonchev–Trinajstić information content (AvgIpc) is 2.56. The first-order chi connectivity index (χ1) is 11.2. The maximum atomic E-state index is 12.2. The van der Waals surface area contributed by atoms with Crippen LogP contribution >= 0.6 is 11.6 Å². The number of rotatable bonds is 7. The van der Waals surface area contributed by atoms with E-state index in [0.717, 1.165) is 31.7 Å². The Morgan fingerprint density at radius 2 is 1.83 bits per heavy atom. The molecule has 1 amide bonds. The first kappa shape index (κ1) is 17.3. The molecule has 4 nitrogen and oxygen atoms in total. The molecule has 2 aromatic rings. The largest absolute Gasteiger partial charge is 0.357 e. The summed E-state index contributed by atoms with van der Waals surface area (Å²) in [5, 5.41) is 3.26. The van der Waals surface area contributed by atoms with E-state index < -0.39 is 0 Å². The summed E-state index contributed by atoms with van der Waals surface area (Å²) < 4.78 is 0. The van der Waals surface area contributed by atoms with E-state index in [9.17, 15) is 4.79 Å². The fourth-order valence-electron chi connectivity index (χ4n) is 2.37. The van der Waals surface area contributed by atoms with Gasteiger partial charge in [0.25, 0.3) is 5.91 Å². The van der Waals surface area contributed by atoms with Gasteiger partial charge in [0.15, 0.2) is 0 Å². The van der Waals surface area contributed by atoms with Crippen molar-refractivity contribution < 1.29 is 4.79 Å². The fraction of sp³-hybridized carbons (Fsp3) is 0.333. The third-order valence-corrected chi connectivity index (χ3v) is 3.76. The van der Waals surface area contributed by atoms with Gasteiger partial charge in [-0.25, -0.2) is 4.98 Å². The molecule has 0 saturated heterocycles. The second-order valence-electron chi connectivity index (χ2n) is 5.33. The van der Waals surface area contributed by atoms with Gasteiger partial charge in [0.2, 0.25) is 0 Å². The molecule has 0 fully saturated rings. The van der Waals surface area contributed by atoms with Crippen LogP contribution in [0.2, 0.25) is 5.02 Å². The number of carbonyl (C=O) groups excluding carboxylic acids is 1. The lowest BCUT2D eigenvalue weighted by Crippen LogP contribution is -2.25. The predicted octanol–water partition coefficient (Wildman–Crippen LogP) is 4.61. The van der Waals surface area contributed by atoms with E-state index in [2.05, 4.69) is 29.0 Å². The molecule has 1 aromatic carbocycles. The second kappa shape index (κ2) is 8.53. The van der Waals surface area contributed by atoms with Gasteiger partial charge in [-0.1, -0.05) is 37.6 Å². The van der Waals surface area contributed by atoms with Crippen LogP contribution in [0, 0.1) is 0 Å². The zero-order chi connectivity index (χ0) is 16.7. The number of aromatic nitrogens is 1. The minimum Gasteiger partial charge on any atom is -0.357 e. The summed E-state index contributed by atoms with van der Waals surface area (Å²) in [5.74, 6) is 0.702. The summed E-state index contributed by atoms with van der Waals surface area (Å²) in [7, 11) is 0. The lowest BCUT2D eigenvalue weighted by Gasteiger charge is -2.22. The first-order valence-electron chi connectivity index (χ1n) is 7.92. The van der Waals surface area contributed by atoms with Crippen molar-refractivity contribution in [2.24, 2.45) is 0 Å². The first-order valence-corrected chi connectivity index (χ1v) is 8.30. The highest BCUT2D eigenvalue weighted by Gasteiger charge is 2.11. The molecular formula is C18H22ClN3O. The third-order valence-electron chi connectivity index (χ3n) is 3.44. The molecule has 0 aliphatic carbocycles. The molecule has 1 aromatic heterocycles. The molecule has 2 rings (SSSR count). The van der Waals surface area contributed by atoms with Crippen LogP contribution in [-0.2, 0) is 0 Å². The van der Waals surface area contributed by atoms with Crippen molar-refractivity contribution in [3.05, 3.63) is 53.2 Å². The zero-order valence-electron chi connectivity index (χ0n) is 13.6. The van der Waals surface area contributed by atoms with E-state index >= 15 is 0 Å². The maximum absolute atomic E-state index is 12.2. The smallest absolute Gasteiger partial charge is 0.257 e. The Labute approximate surface area is 142 Å². The van der Waals surface area contributed by atoms with Gasteiger partial charge in [-0.2, -0.15) is 0 Å². The van der Waals surface area contributed by atoms with Crippen molar-refractivity contribution in [1.29, 1.82) is 0 Å². The minimum atomic E-state index is -0.232. The van der Waals surface area contributed by atoms with Crippen molar-refractivity contribution in [3.63, 3.8) is 0 Å². The van der Waals surface area contributed by atoms with Gasteiger partial charge >= 0.3 is 0 Å². The van der Waals surface area contributed by atoms with E-state index in [0.29, 0.717) is 16.3 Å². The number of nitrogens with zero attached hydrogens (tertiary/aromatic N) is 2. The number of halogens is 1. The highest BCUT2D eigenvalue weighted by atomic mass is 35.5. The fourth-order valence-corrected chi connectivity index (χ4v) is 2.59. The van der Waals surface area contributed by atoms with E-state index in [4.69, 9.17) is 11.6 Å². The molecule has 1 heterocycles. The molecule has 0 aliphatic rings. The van der Waals surface area contributed by atoms with Gasteiger partial charge in [-0.15, -0.1) is 0 Å². The SMILES string of the molecule is CCCN(CCC)c1ccc(NC(=O)c2ccccc2Cl)cn1. The highest BCUT2D eigenvalue weighted by Crippen LogP contribution is 2.19. The lowest BCUT2D eigenvalue weighted by atomic mass is 10.2. The molecule has 1 N–H and O–H groups in total. The molecule has 0 saturated carbocycles. The van der Waals surface area contributed by atoms with Crippen molar-refractivity contribution >= 4 is 29.0 Å². The molecule has 5 heteroatoms. The van der Waals surface area contributed by atoms with Crippen molar-refractivity contribution in [2.45, 2.75) is 26.7 Å². The van der Waals surface area contributed by atoms with E-state index in [1.165, 1.54) is 0 Å². The summed E-state index contributed by atoms with van der Waals surface area (Å²) in [5.41, 5.74) is 1.11. The summed E-state index contributed by atoms with van der Waals surface area (Å²) in [6.45, 7) is 6.26. The molecule has 0 aliphatic heterocycles. The van der Waals surface area contributed by atoms with Gasteiger partial charge in [0.1, 0.15) is 5.82 Å². The average molecular weight is 332 g/mol. The normalized spacial score (nSPS) is 10.4. The number of nitrogens with one attached hydrogen (secondary N) is 1. The van der Waals surface area contributed by atoms with Crippen LogP contribution in [0.5, 0.6) is 0 Å². The standard InChI is InChI=1S/C18H22ClN3O/c1-3-11-22(12-4-2)17-10-9-14(13-20-17)21-18(23)15-7-5-6-8-16(15)19/h5-10,13H,3-4,11-12H2,1-2H3,(H,21,23). The quantitative estimate of drug-likeness (QED) is 0.805.